The van der Waals surface area contributed by atoms with E-state index < -0.39 is 0 Å². The molecule has 0 radical (unpaired) electrons. The average molecular weight is 382 g/mol. The van der Waals surface area contributed by atoms with Crippen LogP contribution in [0.2, 0.25) is 0 Å². The van der Waals surface area contributed by atoms with Crippen molar-refractivity contribution in [2.75, 3.05) is 11.4 Å². The number of H-pyrrole nitrogens is 1. The van der Waals surface area contributed by atoms with Gasteiger partial charge in [-0.3, -0.25) is 9.59 Å². The third-order valence-electron chi connectivity index (χ3n) is 4.72. The molecule has 0 saturated heterocycles. The van der Waals surface area contributed by atoms with Crippen molar-refractivity contribution < 1.29 is 4.79 Å². The van der Waals surface area contributed by atoms with Crippen LogP contribution in [0.25, 0.3) is 10.2 Å². The minimum atomic E-state index is -0.0905. The molecule has 3 heterocycles. The fraction of sp³-hybridized carbons (Fsp3) is 0.350. The predicted molar refractivity (Wildman–Crippen MR) is 109 cm³/mol. The topological polar surface area (TPSA) is 78.1 Å². The molecule has 1 aliphatic heterocycles. The van der Waals surface area contributed by atoms with Gasteiger partial charge in [0, 0.05) is 23.8 Å². The molecule has 7 heteroatoms. The summed E-state index contributed by atoms with van der Waals surface area (Å²) in [5.74, 6) is 0.616. The van der Waals surface area contributed by atoms with E-state index in [2.05, 4.69) is 20.2 Å². The van der Waals surface area contributed by atoms with E-state index in [-0.39, 0.29) is 17.5 Å². The summed E-state index contributed by atoms with van der Waals surface area (Å²) in [5.41, 5.74) is 3.50. The Morgan fingerprint density at radius 1 is 1.37 bits per heavy atom. The number of hydrogen-bond donors (Lipinski definition) is 2. The van der Waals surface area contributed by atoms with Crippen LogP contribution >= 0.6 is 11.3 Å². The number of fused-ring (bicyclic) bond motifs is 2. The molecule has 1 aliphatic rings. The minimum Gasteiger partial charge on any atom is -0.364 e. The number of amides is 1. The number of thiophene rings is 1. The van der Waals surface area contributed by atoms with Crippen LogP contribution in [0.5, 0.6) is 0 Å². The third-order valence-corrected chi connectivity index (χ3v) is 5.62. The standard InChI is InChI=1S/C20H22N4O2S/c1-12(2)21-19(25)14-5-3-7-16-13(14)6-4-9-24(16)11-17-22-15-8-10-27-18(15)20(26)23-17/h3,5,7-8,10,12H,4,6,9,11H2,1-2H3,(H,21,25)(H,22,23,26). The van der Waals surface area contributed by atoms with Gasteiger partial charge in [0.2, 0.25) is 0 Å². The highest BCUT2D eigenvalue weighted by Gasteiger charge is 2.23. The molecule has 3 aromatic rings. The summed E-state index contributed by atoms with van der Waals surface area (Å²) >= 11 is 1.40. The van der Waals surface area contributed by atoms with Crippen molar-refractivity contribution in [2.24, 2.45) is 0 Å². The summed E-state index contributed by atoms with van der Waals surface area (Å²) in [6.45, 7) is 5.31. The van der Waals surface area contributed by atoms with Gasteiger partial charge in [-0.05, 0) is 55.8 Å². The van der Waals surface area contributed by atoms with Crippen molar-refractivity contribution in [3.63, 3.8) is 0 Å². The highest BCUT2D eigenvalue weighted by Crippen LogP contribution is 2.31. The lowest BCUT2D eigenvalue weighted by atomic mass is 9.95. The smallest absolute Gasteiger partial charge is 0.268 e. The van der Waals surface area contributed by atoms with Crippen molar-refractivity contribution in [1.82, 2.24) is 15.3 Å². The van der Waals surface area contributed by atoms with Gasteiger partial charge in [-0.2, -0.15) is 0 Å². The van der Waals surface area contributed by atoms with Gasteiger partial charge in [-0.1, -0.05) is 6.07 Å². The van der Waals surface area contributed by atoms with E-state index in [4.69, 9.17) is 0 Å². The molecule has 0 bridgehead atoms. The van der Waals surface area contributed by atoms with Crippen LogP contribution < -0.4 is 15.8 Å². The third kappa shape index (κ3) is 3.47. The quantitative estimate of drug-likeness (QED) is 0.727. The Labute approximate surface area is 161 Å². The molecule has 0 saturated carbocycles. The minimum absolute atomic E-state index is 0.0325. The monoisotopic (exact) mass is 382 g/mol. The number of carbonyl (C=O) groups excluding carboxylic acids is 1. The Morgan fingerprint density at radius 3 is 3.04 bits per heavy atom. The van der Waals surface area contributed by atoms with E-state index in [1.54, 1.807) is 0 Å². The van der Waals surface area contributed by atoms with Crippen molar-refractivity contribution in [1.29, 1.82) is 0 Å². The SMILES string of the molecule is CC(C)NC(=O)c1cccc2c1CCCN2Cc1nc2ccsc2c(=O)[nH]1. The number of aromatic nitrogens is 2. The first-order valence-electron chi connectivity index (χ1n) is 9.17. The molecule has 27 heavy (non-hydrogen) atoms. The first-order chi connectivity index (χ1) is 13.0. The molecule has 2 N–H and O–H groups in total. The predicted octanol–water partition coefficient (Wildman–Crippen LogP) is 3.08. The van der Waals surface area contributed by atoms with Gasteiger partial charge in [0.05, 0.1) is 12.1 Å². The molecule has 2 aromatic heterocycles. The lowest BCUT2D eigenvalue weighted by Gasteiger charge is -2.32. The normalized spacial score (nSPS) is 13.8. The van der Waals surface area contributed by atoms with E-state index in [1.165, 1.54) is 11.3 Å². The van der Waals surface area contributed by atoms with Crippen LogP contribution in [0.1, 0.15) is 42.0 Å². The number of nitrogens with one attached hydrogen (secondary N) is 2. The van der Waals surface area contributed by atoms with Crippen LogP contribution in [0.15, 0.2) is 34.4 Å². The van der Waals surface area contributed by atoms with Gasteiger partial charge in [0.15, 0.2) is 0 Å². The molecule has 0 fully saturated rings. The first kappa shape index (κ1) is 17.7. The van der Waals surface area contributed by atoms with Gasteiger partial charge in [-0.25, -0.2) is 4.98 Å². The molecule has 0 spiro atoms. The van der Waals surface area contributed by atoms with Crippen LogP contribution in [0.4, 0.5) is 5.69 Å². The van der Waals surface area contributed by atoms with Crippen molar-refractivity contribution >= 4 is 33.1 Å². The fourth-order valence-corrected chi connectivity index (χ4v) is 4.32. The lowest BCUT2D eigenvalue weighted by molar-refractivity contribution is 0.0942. The largest absolute Gasteiger partial charge is 0.364 e. The second kappa shape index (κ2) is 7.15. The van der Waals surface area contributed by atoms with Crippen LogP contribution in [0.3, 0.4) is 0 Å². The molecule has 1 amide bonds. The van der Waals surface area contributed by atoms with Crippen LogP contribution in [-0.2, 0) is 13.0 Å². The molecular weight excluding hydrogens is 360 g/mol. The Morgan fingerprint density at radius 2 is 2.22 bits per heavy atom. The number of aromatic amines is 1. The van der Waals surface area contributed by atoms with E-state index in [0.29, 0.717) is 17.1 Å². The van der Waals surface area contributed by atoms with E-state index in [9.17, 15) is 9.59 Å². The molecule has 1 aromatic carbocycles. The summed E-state index contributed by atoms with van der Waals surface area (Å²) in [7, 11) is 0. The molecule has 140 valence electrons. The zero-order valence-corrected chi connectivity index (χ0v) is 16.2. The molecular formula is C20H22N4O2S. The number of hydrogen-bond acceptors (Lipinski definition) is 5. The van der Waals surface area contributed by atoms with E-state index >= 15 is 0 Å². The van der Waals surface area contributed by atoms with Gasteiger partial charge in [0.25, 0.3) is 11.5 Å². The molecule has 0 unspecified atom stereocenters. The average Bonchev–Trinajstić information content (AvgIpc) is 3.10. The molecule has 0 atom stereocenters. The first-order valence-corrected chi connectivity index (χ1v) is 10.0. The van der Waals surface area contributed by atoms with Crippen molar-refractivity contribution in [2.45, 2.75) is 39.3 Å². The number of benzene rings is 1. The fourth-order valence-electron chi connectivity index (χ4n) is 3.59. The van der Waals surface area contributed by atoms with E-state index in [0.717, 1.165) is 41.7 Å². The van der Waals surface area contributed by atoms with Crippen molar-refractivity contribution in [3.05, 3.63) is 57.0 Å². The zero-order chi connectivity index (χ0) is 19.0. The molecule has 0 aliphatic carbocycles. The second-order valence-corrected chi connectivity index (χ2v) is 8.02. The second-order valence-electron chi connectivity index (χ2n) is 7.10. The Bertz CT molecular complexity index is 1050. The van der Waals surface area contributed by atoms with Gasteiger partial charge in [0.1, 0.15) is 10.5 Å². The highest BCUT2D eigenvalue weighted by molar-refractivity contribution is 7.17. The summed E-state index contributed by atoms with van der Waals surface area (Å²) in [5, 5.41) is 4.86. The Balaban J connectivity index is 1.66. The number of carbonyl (C=O) groups is 1. The number of nitrogens with zero attached hydrogens (tertiary/aromatic N) is 2. The van der Waals surface area contributed by atoms with Crippen LogP contribution in [0, 0.1) is 0 Å². The number of rotatable bonds is 4. The Kier molecular flexibility index (Phi) is 4.70. The maximum Gasteiger partial charge on any atom is 0.268 e. The maximum absolute atomic E-state index is 12.6. The summed E-state index contributed by atoms with van der Waals surface area (Å²) in [4.78, 5) is 34.5. The summed E-state index contributed by atoms with van der Waals surface area (Å²) in [6, 6.07) is 7.82. The zero-order valence-electron chi connectivity index (χ0n) is 15.4. The van der Waals surface area contributed by atoms with E-state index in [1.807, 2.05) is 43.5 Å². The summed E-state index contributed by atoms with van der Waals surface area (Å²) < 4.78 is 0.658. The summed E-state index contributed by atoms with van der Waals surface area (Å²) in [6.07, 6.45) is 1.84. The van der Waals surface area contributed by atoms with Crippen LogP contribution in [-0.4, -0.2) is 28.5 Å². The lowest BCUT2D eigenvalue weighted by Crippen LogP contribution is -2.34. The van der Waals surface area contributed by atoms with Gasteiger partial charge in [-0.15, -0.1) is 11.3 Å². The maximum atomic E-state index is 12.6. The molecule has 4 rings (SSSR count). The van der Waals surface area contributed by atoms with Gasteiger partial charge < -0.3 is 15.2 Å². The molecule has 6 nitrogen and oxygen atoms in total. The highest BCUT2D eigenvalue weighted by atomic mass is 32.1. The van der Waals surface area contributed by atoms with Crippen molar-refractivity contribution in [3.8, 4) is 0 Å². The Hall–Kier alpha value is -2.67. The number of anilines is 1. The van der Waals surface area contributed by atoms with Gasteiger partial charge >= 0.3 is 0 Å².